The van der Waals surface area contributed by atoms with Crippen LogP contribution in [0.2, 0.25) is 0 Å². The molecular formula is C50H66N4O2S4. The smallest absolute Gasteiger partial charge is 0.280 e. The predicted octanol–water partition coefficient (Wildman–Crippen LogP) is 15.5. The van der Waals surface area contributed by atoms with Crippen LogP contribution in [0.25, 0.3) is 51.1 Å². The molecule has 6 aromatic heterocycles. The van der Waals surface area contributed by atoms with Gasteiger partial charge in [-0.25, -0.2) is 9.36 Å². The lowest BCUT2D eigenvalue weighted by molar-refractivity contribution is 0.501. The maximum atomic E-state index is 14.6. The van der Waals surface area contributed by atoms with E-state index >= 15 is 0 Å². The van der Waals surface area contributed by atoms with Crippen molar-refractivity contribution >= 4 is 65.5 Å². The topological polar surface area (TPSA) is 53.9 Å². The molecule has 0 fully saturated rings. The highest BCUT2D eigenvalue weighted by atomic mass is 32.1. The van der Waals surface area contributed by atoms with Crippen molar-refractivity contribution in [1.29, 1.82) is 0 Å². The molecule has 322 valence electrons. The molecule has 6 nitrogen and oxygen atoms in total. The lowest BCUT2D eigenvalue weighted by Crippen LogP contribution is -2.20. The monoisotopic (exact) mass is 882 g/mol. The molecule has 0 aliphatic carbocycles. The maximum Gasteiger partial charge on any atom is 0.280 e. The zero-order valence-electron chi connectivity index (χ0n) is 37.0. The Labute approximate surface area is 373 Å². The Bertz CT molecular complexity index is 2370. The van der Waals surface area contributed by atoms with Gasteiger partial charge in [-0.15, -0.1) is 45.3 Å². The Morgan fingerprint density at radius 3 is 1.20 bits per heavy atom. The second kappa shape index (κ2) is 21.1. The normalized spacial score (nSPS) is 12.0. The Hall–Kier alpha value is -3.44. The van der Waals surface area contributed by atoms with E-state index in [1.807, 2.05) is 32.0 Å². The number of aryl methyl sites for hydroxylation is 6. The molecule has 0 aliphatic rings. The fourth-order valence-electron chi connectivity index (χ4n) is 8.72. The van der Waals surface area contributed by atoms with Gasteiger partial charge < -0.3 is 0 Å². The van der Waals surface area contributed by atoms with Gasteiger partial charge in [-0.1, -0.05) is 105 Å². The largest absolute Gasteiger partial charge is 0.284 e. The first kappa shape index (κ1) is 44.6. The van der Waals surface area contributed by atoms with Crippen molar-refractivity contribution in [2.24, 2.45) is 0 Å². The van der Waals surface area contributed by atoms with Gasteiger partial charge >= 0.3 is 0 Å². The van der Waals surface area contributed by atoms with Gasteiger partial charge in [0.2, 0.25) is 0 Å². The minimum atomic E-state index is 0.0772. The summed E-state index contributed by atoms with van der Waals surface area (Å²) < 4.78 is 10.9. The van der Waals surface area contributed by atoms with E-state index in [1.165, 1.54) is 105 Å². The number of thiophene rings is 4. The second-order valence-corrected chi connectivity index (χ2v) is 21.5. The van der Waals surface area contributed by atoms with Crippen LogP contribution in [0.5, 0.6) is 0 Å². The van der Waals surface area contributed by atoms with E-state index in [9.17, 15) is 9.59 Å². The highest BCUT2D eigenvalue weighted by molar-refractivity contribution is 7.24. The summed E-state index contributed by atoms with van der Waals surface area (Å²) in [5.41, 5.74) is 4.56. The van der Waals surface area contributed by atoms with Gasteiger partial charge in [-0.3, -0.25) is 19.0 Å². The number of nitrogens with zero attached hydrogens (tertiary/aromatic N) is 4. The molecule has 0 atom stereocenters. The molecule has 0 spiro atoms. The van der Waals surface area contributed by atoms with Gasteiger partial charge in [0, 0.05) is 54.4 Å². The van der Waals surface area contributed by atoms with Gasteiger partial charge in [0.25, 0.3) is 11.1 Å². The maximum absolute atomic E-state index is 14.6. The number of rotatable bonds is 24. The molecule has 60 heavy (non-hydrogen) atoms. The van der Waals surface area contributed by atoms with Crippen LogP contribution in [0.1, 0.15) is 151 Å². The van der Waals surface area contributed by atoms with Gasteiger partial charge in [0.15, 0.2) is 0 Å². The number of unbranched alkanes of at least 4 members (excludes halogenated alkanes) is 12. The number of fused-ring (bicyclic) bond motifs is 2. The van der Waals surface area contributed by atoms with Crippen LogP contribution < -0.4 is 11.1 Å². The fourth-order valence-corrected chi connectivity index (χ4v) is 13.0. The van der Waals surface area contributed by atoms with Crippen molar-refractivity contribution in [1.82, 2.24) is 18.7 Å². The first-order valence-electron chi connectivity index (χ1n) is 23.1. The summed E-state index contributed by atoms with van der Waals surface area (Å²) >= 11 is 7.03. The molecule has 0 radical (unpaired) electrons. The minimum absolute atomic E-state index is 0.0772. The van der Waals surface area contributed by atoms with Crippen LogP contribution in [0.3, 0.4) is 0 Å². The van der Waals surface area contributed by atoms with Crippen LogP contribution in [-0.2, 0) is 25.9 Å². The van der Waals surface area contributed by atoms with E-state index in [0.29, 0.717) is 0 Å². The molecule has 1 aromatic carbocycles. The zero-order chi connectivity index (χ0) is 42.2. The number of hydrogen-bond donors (Lipinski definition) is 0. The van der Waals surface area contributed by atoms with Crippen molar-refractivity contribution in [3.8, 4) is 30.9 Å². The molecule has 7 aromatic rings. The summed E-state index contributed by atoms with van der Waals surface area (Å²) in [7, 11) is 0. The molecule has 0 amide bonds. The van der Waals surface area contributed by atoms with E-state index in [1.54, 1.807) is 22.7 Å². The van der Waals surface area contributed by atoms with Crippen molar-refractivity contribution in [3.63, 3.8) is 0 Å². The molecule has 6 heterocycles. The van der Waals surface area contributed by atoms with Crippen LogP contribution in [0.15, 0.2) is 58.4 Å². The van der Waals surface area contributed by atoms with Crippen molar-refractivity contribution in [3.05, 3.63) is 90.4 Å². The molecule has 0 N–H and O–H groups in total. The van der Waals surface area contributed by atoms with Crippen LogP contribution >= 0.6 is 45.3 Å². The fraction of sp³-hybridized carbons (Fsp3) is 0.520. The predicted molar refractivity (Wildman–Crippen MR) is 264 cm³/mol. The third-order valence-corrected chi connectivity index (χ3v) is 16.4. The highest BCUT2D eigenvalue weighted by Crippen LogP contribution is 2.46. The van der Waals surface area contributed by atoms with E-state index in [4.69, 9.17) is 0 Å². The molecular weight excluding hydrogens is 817 g/mol. The Balaban J connectivity index is 1.40. The minimum Gasteiger partial charge on any atom is -0.284 e. The second-order valence-electron chi connectivity index (χ2n) is 16.8. The number of aromatic nitrogens is 4. The summed E-state index contributed by atoms with van der Waals surface area (Å²) in [6.07, 6.45) is 25.0. The van der Waals surface area contributed by atoms with Gasteiger partial charge in [-0.2, -0.15) is 0 Å². The third-order valence-electron chi connectivity index (χ3n) is 12.0. The Kier molecular flexibility index (Phi) is 15.7. The van der Waals surface area contributed by atoms with Gasteiger partial charge in [0.05, 0.1) is 11.1 Å². The first-order valence-corrected chi connectivity index (χ1v) is 26.3. The highest BCUT2D eigenvalue weighted by Gasteiger charge is 2.25. The molecule has 0 saturated heterocycles. The van der Waals surface area contributed by atoms with Crippen LogP contribution in [0.4, 0.5) is 0 Å². The molecule has 0 saturated carbocycles. The third kappa shape index (κ3) is 9.77. The summed E-state index contributed by atoms with van der Waals surface area (Å²) in [6.45, 7) is 14.9. The molecule has 7 rings (SSSR count). The van der Waals surface area contributed by atoms with Gasteiger partial charge in [-0.05, 0) is 111 Å². The van der Waals surface area contributed by atoms with Gasteiger partial charge in [0.1, 0.15) is 10.0 Å². The average molecular weight is 883 g/mol. The van der Waals surface area contributed by atoms with Crippen molar-refractivity contribution in [2.45, 2.75) is 170 Å². The molecule has 0 bridgehead atoms. The summed E-state index contributed by atoms with van der Waals surface area (Å²) in [4.78, 5) is 33.8. The van der Waals surface area contributed by atoms with E-state index in [0.717, 1.165) is 95.3 Å². The Morgan fingerprint density at radius 1 is 0.467 bits per heavy atom. The standard InChI is InChI=1S/C50H66N4O2S4/c1-7-11-15-19-23-37-39-31-43(41-33-51(29-21-17-13-9-3)53(49(41)55)45-27-25-35(5)57-45)60-48(39)38(24-20-16-12-8-2)40-32-44(59-47(37)40)42-34-52(30-22-18-14-10-4)54(50(42)56)46-28-26-36(6)58-46/h25-28,31-34H,7-24,29-30H2,1-6H3. The summed E-state index contributed by atoms with van der Waals surface area (Å²) in [6, 6.07) is 13.2. The van der Waals surface area contributed by atoms with E-state index < -0.39 is 0 Å². The lowest BCUT2D eigenvalue weighted by atomic mass is 9.94. The first-order chi connectivity index (χ1) is 29.3. The zero-order valence-corrected chi connectivity index (χ0v) is 40.3. The number of benzene rings is 1. The molecule has 0 unspecified atom stereocenters. The van der Waals surface area contributed by atoms with E-state index in [-0.39, 0.29) is 11.1 Å². The average Bonchev–Trinajstić information content (AvgIpc) is 4.11. The van der Waals surface area contributed by atoms with Crippen LogP contribution in [0, 0.1) is 13.8 Å². The van der Waals surface area contributed by atoms with Crippen molar-refractivity contribution < 1.29 is 0 Å². The number of hydrogen-bond acceptors (Lipinski definition) is 6. The van der Waals surface area contributed by atoms with Crippen molar-refractivity contribution in [2.75, 3.05) is 0 Å². The molecule has 10 heteroatoms. The SMILES string of the molecule is CCCCCCc1c2cc(-c3cn(CCCCCC)n(-c4ccc(C)s4)c3=O)sc2c(CCCCCC)c2cc(-c3cn(CCCCCC)n(-c4ccc(C)s4)c3=O)sc12. The molecule has 0 aliphatic heterocycles. The summed E-state index contributed by atoms with van der Waals surface area (Å²) in [5, 5.41) is 4.60. The Morgan fingerprint density at radius 2 is 0.850 bits per heavy atom. The lowest BCUT2D eigenvalue weighted by Gasteiger charge is -2.11. The summed E-state index contributed by atoms with van der Waals surface area (Å²) in [5.74, 6) is 0. The van der Waals surface area contributed by atoms with Crippen LogP contribution in [-0.4, -0.2) is 18.7 Å². The quantitative estimate of drug-likeness (QED) is 0.0568. The van der Waals surface area contributed by atoms with E-state index in [2.05, 4.69) is 99.7 Å².